The molecule has 134 valence electrons. The molecule has 2 heterocycles. The van der Waals surface area contributed by atoms with Gasteiger partial charge in [0.25, 0.3) is 5.56 Å². The van der Waals surface area contributed by atoms with Crippen molar-refractivity contribution in [3.8, 4) is 5.69 Å². The Balaban J connectivity index is 1.85. The number of nitrogens with zero attached hydrogens (tertiary/aromatic N) is 3. The Labute approximate surface area is 157 Å². The minimum atomic E-state index is -0.326. The van der Waals surface area contributed by atoms with Gasteiger partial charge < -0.3 is 9.64 Å². The molecule has 1 fully saturated rings. The summed E-state index contributed by atoms with van der Waals surface area (Å²) in [6.07, 6.45) is 3.85. The monoisotopic (exact) mass is 381 g/mol. The average Bonchev–Trinajstić information content (AvgIpc) is 2.63. The Morgan fingerprint density at radius 1 is 1.28 bits per heavy atom. The van der Waals surface area contributed by atoms with E-state index in [0.29, 0.717) is 22.3 Å². The number of benzene rings is 1. The fraction of sp³-hybridized carbons (Fsp3) is 0.444. The van der Waals surface area contributed by atoms with Crippen molar-refractivity contribution >= 4 is 28.9 Å². The molecule has 0 spiro atoms. The molecule has 1 aromatic carbocycles. The van der Waals surface area contributed by atoms with Gasteiger partial charge in [0.05, 0.1) is 24.2 Å². The predicted molar refractivity (Wildman–Crippen MR) is 101 cm³/mol. The van der Waals surface area contributed by atoms with Crippen LogP contribution in [0.1, 0.15) is 19.8 Å². The Kier molecular flexibility index (Phi) is 5.99. The summed E-state index contributed by atoms with van der Waals surface area (Å²) in [6, 6.07) is 6.92. The number of hydrogen-bond acceptors (Lipinski definition) is 4. The summed E-state index contributed by atoms with van der Waals surface area (Å²) in [5, 5.41) is 5.11. The molecule has 7 heteroatoms. The molecule has 1 aromatic heterocycles. The maximum absolute atomic E-state index is 12.7. The van der Waals surface area contributed by atoms with Crippen LogP contribution in [0.5, 0.6) is 0 Å². The highest BCUT2D eigenvalue weighted by molar-refractivity contribution is 6.33. The summed E-state index contributed by atoms with van der Waals surface area (Å²) in [5.74, 6) is 0.448. The normalized spacial score (nSPS) is 17.7. The molecule has 0 amide bonds. The Bertz CT molecular complexity index is 777. The van der Waals surface area contributed by atoms with Crippen molar-refractivity contribution < 1.29 is 4.74 Å². The van der Waals surface area contributed by atoms with E-state index in [1.165, 1.54) is 4.68 Å². The molecule has 1 atom stereocenters. The highest BCUT2D eigenvalue weighted by atomic mass is 35.5. The van der Waals surface area contributed by atoms with Crippen molar-refractivity contribution in [3.63, 3.8) is 0 Å². The lowest BCUT2D eigenvalue weighted by Crippen LogP contribution is -2.38. The van der Waals surface area contributed by atoms with E-state index in [9.17, 15) is 4.79 Å². The van der Waals surface area contributed by atoms with E-state index in [-0.39, 0.29) is 10.6 Å². The summed E-state index contributed by atoms with van der Waals surface area (Å²) in [5.41, 5.74) is 1.00. The van der Waals surface area contributed by atoms with Crippen molar-refractivity contribution in [1.29, 1.82) is 0 Å². The van der Waals surface area contributed by atoms with Crippen molar-refractivity contribution in [3.05, 3.63) is 50.9 Å². The first kappa shape index (κ1) is 18.2. The standard InChI is InChI=1S/C18H21Cl2N3O2/c1-2-25-12-13-4-3-9-22(11-13)16-10-21-23(18(24)17(16)20)15-7-5-14(19)6-8-15/h5-8,10,13H,2-4,9,11-12H2,1H3. The van der Waals surface area contributed by atoms with Crippen molar-refractivity contribution in [1.82, 2.24) is 9.78 Å². The van der Waals surface area contributed by atoms with Gasteiger partial charge in [0.2, 0.25) is 0 Å². The van der Waals surface area contributed by atoms with Crippen molar-refractivity contribution in [2.45, 2.75) is 19.8 Å². The minimum Gasteiger partial charge on any atom is -0.381 e. The van der Waals surface area contributed by atoms with Gasteiger partial charge in [-0.1, -0.05) is 23.2 Å². The first-order valence-corrected chi connectivity index (χ1v) is 9.22. The minimum absolute atomic E-state index is 0.196. The van der Waals surface area contributed by atoms with Gasteiger partial charge in [0.15, 0.2) is 0 Å². The summed E-state index contributed by atoms with van der Waals surface area (Å²) in [6.45, 7) is 5.15. The van der Waals surface area contributed by atoms with Gasteiger partial charge in [0.1, 0.15) is 5.02 Å². The highest BCUT2D eigenvalue weighted by Crippen LogP contribution is 2.27. The third-order valence-corrected chi connectivity index (χ3v) is 5.00. The van der Waals surface area contributed by atoms with Gasteiger partial charge >= 0.3 is 0 Å². The number of halogens is 2. The number of piperidine rings is 1. The van der Waals surface area contributed by atoms with Gasteiger partial charge in [-0.05, 0) is 49.9 Å². The molecule has 1 aliphatic heterocycles. The molecule has 0 bridgehead atoms. The largest absolute Gasteiger partial charge is 0.381 e. The molecule has 3 rings (SSSR count). The number of aromatic nitrogens is 2. The lowest BCUT2D eigenvalue weighted by atomic mass is 9.98. The van der Waals surface area contributed by atoms with Crippen LogP contribution in [0, 0.1) is 5.92 Å². The van der Waals surface area contributed by atoms with E-state index >= 15 is 0 Å². The third kappa shape index (κ3) is 4.17. The van der Waals surface area contributed by atoms with Crippen LogP contribution in [0.2, 0.25) is 10.0 Å². The highest BCUT2D eigenvalue weighted by Gasteiger charge is 2.23. The number of anilines is 1. The lowest BCUT2D eigenvalue weighted by molar-refractivity contribution is 0.104. The van der Waals surface area contributed by atoms with E-state index in [4.69, 9.17) is 27.9 Å². The predicted octanol–water partition coefficient (Wildman–Crippen LogP) is 3.79. The Hall–Kier alpha value is -1.56. The van der Waals surface area contributed by atoms with Crippen LogP contribution >= 0.6 is 23.2 Å². The van der Waals surface area contributed by atoms with Crippen LogP contribution in [0.3, 0.4) is 0 Å². The zero-order chi connectivity index (χ0) is 17.8. The molecule has 0 radical (unpaired) electrons. The van der Waals surface area contributed by atoms with E-state index in [1.54, 1.807) is 30.5 Å². The zero-order valence-corrected chi connectivity index (χ0v) is 15.6. The molecule has 0 aliphatic carbocycles. The molecule has 1 unspecified atom stereocenters. The van der Waals surface area contributed by atoms with Crippen LogP contribution in [0.25, 0.3) is 5.69 Å². The maximum atomic E-state index is 12.7. The second-order valence-electron chi connectivity index (χ2n) is 6.15. The fourth-order valence-electron chi connectivity index (χ4n) is 3.12. The molecule has 25 heavy (non-hydrogen) atoms. The SMILES string of the molecule is CCOCC1CCCN(c2cnn(-c3ccc(Cl)cc3)c(=O)c2Cl)C1. The molecule has 1 saturated heterocycles. The van der Waals surface area contributed by atoms with E-state index in [2.05, 4.69) is 10.00 Å². The van der Waals surface area contributed by atoms with Gasteiger partial charge in [-0.2, -0.15) is 9.78 Å². The molecule has 2 aromatic rings. The van der Waals surface area contributed by atoms with Crippen LogP contribution in [0.4, 0.5) is 5.69 Å². The average molecular weight is 382 g/mol. The Morgan fingerprint density at radius 3 is 2.76 bits per heavy atom. The quantitative estimate of drug-likeness (QED) is 0.790. The summed E-state index contributed by atoms with van der Waals surface area (Å²) >= 11 is 12.3. The number of hydrogen-bond donors (Lipinski definition) is 0. The lowest BCUT2D eigenvalue weighted by Gasteiger charge is -2.34. The summed E-state index contributed by atoms with van der Waals surface area (Å²) < 4.78 is 6.84. The van der Waals surface area contributed by atoms with Gasteiger partial charge in [-0.3, -0.25) is 4.79 Å². The summed E-state index contributed by atoms with van der Waals surface area (Å²) in [4.78, 5) is 14.8. The second-order valence-corrected chi connectivity index (χ2v) is 6.97. The first-order valence-electron chi connectivity index (χ1n) is 8.46. The van der Waals surface area contributed by atoms with Crippen LogP contribution in [-0.4, -0.2) is 36.1 Å². The van der Waals surface area contributed by atoms with Crippen molar-refractivity contribution in [2.24, 2.45) is 5.92 Å². The topological polar surface area (TPSA) is 47.4 Å². The maximum Gasteiger partial charge on any atom is 0.292 e. The number of ether oxygens (including phenoxy) is 1. The third-order valence-electron chi connectivity index (χ3n) is 4.39. The van der Waals surface area contributed by atoms with Crippen LogP contribution in [0.15, 0.2) is 35.3 Å². The molecule has 0 N–H and O–H groups in total. The molecule has 5 nitrogen and oxygen atoms in total. The van der Waals surface area contributed by atoms with Crippen molar-refractivity contribution in [2.75, 3.05) is 31.2 Å². The van der Waals surface area contributed by atoms with Gasteiger partial charge in [0, 0.05) is 24.7 Å². The van der Waals surface area contributed by atoms with E-state index in [0.717, 1.165) is 39.1 Å². The van der Waals surface area contributed by atoms with E-state index in [1.807, 2.05) is 6.92 Å². The molecular weight excluding hydrogens is 361 g/mol. The van der Waals surface area contributed by atoms with E-state index < -0.39 is 0 Å². The second kappa shape index (κ2) is 8.21. The smallest absolute Gasteiger partial charge is 0.292 e. The first-order chi connectivity index (χ1) is 12.1. The zero-order valence-electron chi connectivity index (χ0n) is 14.1. The molecular formula is C18H21Cl2N3O2. The van der Waals surface area contributed by atoms with Gasteiger partial charge in [-0.15, -0.1) is 0 Å². The van der Waals surface area contributed by atoms with Crippen LogP contribution in [-0.2, 0) is 4.74 Å². The Morgan fingerprint density at radius 2 is 2.04 bits per heavy atom. The molecule has 0 saturated carbocycles. The number of rotatable bonds is 5. The van der Waals surface area contributed by atoms with Gasteiger partial charge in [-0.25, -0.2) is 0 Å². The van der Waals surface area contributed by atoms with Crippen LogP contribution < -0.4 is 10.5 Å². The molecule has 1 aliphatic rings. The fourth-order valence-corrected chi connectivity index (χ4v) is 3.49. The summed E-state index contributed by atoms with van der Waals surface area (Å²) in [7, 11) is 0.